The molecule has 0 aromatic heterocycles. The van der Waals surface area contributed by atoms with Crippen LogP contribution in [0.15, 0.2) is 23.1 Å². The van der Waals surface area contributed by atoms with Crippen LogP contribution in [0.1, 0.15) is 6.42 Å². The number of nitro benzene ring substituents is 1. The summed E-state index contributed by atoms with van der Waals surface area (Å²) in [4.78, 5) is 9.90. The number of sulfonamides is 1. The molecule has 0 aliphatic carbocycles. The normalized spacial score (nSPS) is 11.8. The Hall–Kier alpha value is -0.700. The highest BCUT2D eigenvalue weighted by Gasteiger charge is 2.24. The number of hydrogen-bond donors (Lipinski definition) is 0. The summed E-state index contributed by atoms with van der Waals surface area (Å²) >= 11 is 8.86. The van der Waals surface area contributed by atoms with Crippen LogP contribution in [0.4, 0.5) is 5.69 Å². The van der Waals surface area contributed by atoms with Crippen LogP contribution >= 0.6 is 27.5 Å². The van der Waals surface area contributed by atoms with Gasteiger partial charge in [0.2, 0.25) is 10.0 Å². The largest absolute Gasteiger partial charge is 0.289 e. The molecule has 1 aromatic carbocycles. The van der Waals surface area contributed by atoms with Gasteiger partial charge in [-0.05, 0) is 18.6 Å². The van der Waals surface area contributed by atoms with Gasteiger partial charge in [0, 0.05) is 25.0 Å². The first-order valence-corrected chi connectivity index (χ1v) is 8.21. The van der Waals surface area contributed by atoms with Crippen LogP contribution in [-0.2, 0) is 10.0 Å². The van der Waals surface area contributed by atoms with Crippen molar-refractivity contribution in [2.45, 2.75) is 11.3 Å². The standard InChI is InChI=1S/C10H12BrClN2O4S/c1-13(6-2-5-11)19(17,18)8-3-4-9(12)10(7-8)14(15)16/h3-4,7H,2,5-6H2,1H3. The molecule has 0 bridgehead atoms. The van der Waals surface area contributed by atoms with Crippen LogP contribution in [0.3, 0.4) is 0 Å². The van der Waals surface area contributed by atoms with Crippen LogP contribution in [-0.4, -0.2) is 36.6 Å². The molecule has 1 aromatic rings. The number of halogens is 2. The number of nitro groups is 1. The average Bonchev–Trinajstić information content (AvgIpc) is 2.35. The SMILES string of the molecule is CN(CCCBr)S(=O)(=O)c1ccc(Cl)c([N+](=O)[O-])c1. The molecular weight excluding hydrogens is 360 g/mol. The number of rotatable bonds is 6. The molecule has 1 rings (SSSR count). The molecule has 0 N–H and O–H groups in total. The van der Waals surface area contributed by atoms with E-state index >= 15 is 0 Å². The number of alkyl halides is 1. The fraction of sp³-hybridized carbons (Fsp3) is 0.400. The lowest BCUT2D eigenvalue weighted by atomic mass is 10.3. The van der Waals surface area contributed by atoms with E-state index in [-0.39, 0.29) is 9.92 Å². The van der Waals surface area contributed by atoms with Crippen molar-refractivity contribution in [3.05, 3.63) is 33.3 Å². The van der Waals surface area contributed by atoms with Gasteiger partial charge in [-0.1, -0.05) is 27.5 Å². The van der Waals surface area contributed by atoms with Crippen molar-refractivity contribution >= 4 is 43.2 Å². The highest BCUT2D eigenvalue weighted by atomic mass is 79.9. The maximum Gasteiger partial charge on any atom is 0.289 e. The van der Waals surface area contributed by atoms with E-state index in [1.165, 1.54) is 19.2 Å². The highest BCUT2D eigenvalue weighted by Crippen LogP contribution is 2.28. The third-order valence-corrected chi connectivity index (χ3v) is 5.16. The van der Waals surface area contributed by atoms with E-state index in [9.17, 15) is 18.5 Å². The second-order valence-corrected chi connectivity index (χ2v) is 6.98. The van der Waals surface area contributed by atoms with E-state index < -0.39 is 20.6 Å². The molecule has 0 aliphatic heterocycles. The molecule has 6 nitrogen and oxygen atoms in total. The van der Waals surface area contributed by atoms with Crippen LogP contribution in [0.5, 0.6) is 0 Å². The number of hydrogen-bond acceptors (Lipinski definition) is 4. The minimum atomic E-state index is -3.73. The maximum atomic E-state index is 12.2. The van der Waals surface area contributed by atoms with Crippen LogP contribution < -0.4 is 0 Å². The van der Waals surface area contributed by atoms with Gasteiger partial charge in [-0.2, -0.15) is 0 Å². The molecule has 9 heteroatoms. The second-order valence-electron chi connectivity index (χ2n) is 3.74. The third kappa shape index (κ3) is 3.88. The predicted octanol–water partition coefficient (Wildman–Crippen LogP) is 2.65. The lowest BCUT2D eigenvalue weighted by molar-refractivity contribution is -0.384. The topological polar surface area (TPSA) is 80.5 Å². The highest BCUT2D eigenvalue weighted by molar-refractivity contribution is 9.09. The molecule has 0 fully saturated rings. The Balaban J connectivity index is 3.15. The zero-order valence-corrected chi connectivity index (χ0v) is 13.2. The van der Waals surface area contributed by atoms with Crippen molar-refractivity contribution < 1.29 is 13.3 Å². The summed E-state index contributed by atoms with van der Waals surface area (Å²) < 4.78 is 25.5. The molecule has 0 atom stereocenters. The van der Waals surface area contributed by atoms with Crippen molar-refractivity contribution in [2.75, 3.05) is 18.9 Å². The Bertz CT molecular complexity index is 579. The summed E-state index contributed by atoms with van der Waals surface area (Å²) in [6.45, 7) is 0.323. The Morgan fingerprint density at radius 3 is 2.63 bits per heavy atom. The Kier molecular flexibility index (Phi) is 5.72. The van der Waals surface area contributed by atoms with E-state index in [1.54, 1.807) is 0 Å². The van der Waals surface area contributed by atoms with Gasteiger partial charge in [-0.15, -0.1) is 0 Å². The van der Waals surface area contributed by atoms with Crippen LogP contribution in [0, 0.1) is 10.1 Å². The van der Waals surface area contributed by atoms with Gasteiger partial charge >= 0.3 is 0 Å². The predicted molar refractivity (Wildman–Crippen MR) is 76.3 cm³/mol. The maximum absolute atomic E-state index is 12.2. The van der Waals surface area contributed by atoms with E-state index in [0.717, 1.165) is 10.4 Å². The molecule has 0 radical (unpaired) electrons. The van der Waals surface area contributed by atoms with Crippen molar-refractivity contribution in [2.24, 2.45) is 0 Å². The summed E-state index contributed by atoms with van der Waals surface area (Å²) in [7, 11) is -2.31. The Labute approximate surface area is 124 Å². The molecule has 0 aliphatic rings. The number of nitrogens with zero attached hydrogens (tertiary/aromatic N) is 2. The van der Waals surface area contributed by atoms with Gasteiger partial charge < -0.3 is 0 Å². The lowest BCUT2D eigenvalue weighted by Crippen LogP contribution is -2.28. The molecule has 0 spiro atoms. The van der Waals surface area contributed by atoms with E-state index in [4.69, 9.17) is 11.6 Å². The first kappa shape index (κ1) is 16.4. The van der Waals surface area contributed by atoms with E-state index in [0.29, 0.717) is 18.3 Å². The number of benzene rings is 1. The fourth-order valence-electron chi connectivity index (χ4n) is 1.38. The summed E-state index contributed by atoms with van der Waals surface area (Å²) in [5.74, 6) is 0. The second kappa shape index (κ2) is 6.65. The molecular formula is C10H12BrClN2O4S. The van der Waals surface area contributed by atoms with Crippen molar-refractivity contribution in [3.8, 4) is 0 Å². The molecule has 0 saturated carbocycles. The fourth-order valence-corrected chi connectivity index (χ4v) is 3.04. The van der Waals surface area contributed by atoms with Crippen LogP contribution in [0.25, 0.3) is 0 Å². The van der Waals surface area contributed by atoms with E-state index in [1.807, 2.05) is 0 Å². The molecule has 0 heterocycles. The molecule has 0 saturated heterocycles. The first-order valence-electron chi connectivity index (χ1n) is 5.27. The smallest absolute Gasteiger partial charge is 0.258 e. The van der Waals surface area contributed by atoms with Crippen molar-refractivity contribution in [1.82, 2.24) is 4.31 Å². The van der Waals surface area contributed by atoms with Crippen molar-refractivity contribution in [1.29, 1.82) is 0 Å². The minimum Gasteiger partial charge on any atom is -0.258 e. The van der Waals surface area contributed by atoms with Gasteiger partial charge in [0.1, 0.15) is 5.02 Å². The molecule has 0 amide bonds. The quantitative estimate of drug-likeness (QED) is 0.437. The molecule has 19 heavy (non-hydrogen) atoms. The Morgan fingerprint density at radius 1 is 1.47 bits per heavy atom. The zero-order chi connectivity index (χ0) is 14.6. The van der Waals surface area contributed by atoms with Gasteiger partial charge in [-0.3, -0.25) is 10.1 Å². The van der Waals surface area contributed by atoms with Gasteiger partial charge in [-0.25, -0.2) is 12.7 Å². The lowest BCUT2D eigenvalue weighted by Gasteiger charge is -2.16. The summed E-state index contributed by atoms with van der Waals surface area (Å²) in [5, 5.41) is 11.3. The molecule has 106 valence electrons. The van der Waals surface area contributed by atoms with Crippen molar-refractivity contribution in [3.63, 3.8) is 0 Å². The monoisotopic (exact) mass is 370 g/mol. The van der Waals surface area contributed by atoms with Gasteiger partial charge in [0.05, 0.1) is 9.82 Å². The summed E-state index contributed by atoms with van der Waals surface area (Å²) in [6.07, 6.45) is 0.644. The van der Waals surface area contributed by atoms with Gasteiger partial charge in [0.25, 0.3) is 5.69 Å². The minimum absolute atomic E-state index is 0.0907. The Morgan fingerprint density at radius 2 is 2.11 bits per heavy atom. The van der Waals surface area contributed by atoms with Crippen LogP contribution in [0.2, 0.25) is 5.02 Å². The summed E-state index contributed by atoms with van der Waals surface area (Å²) in [5.41, 5.74) is -0.420. The van der Waals surface area contributed by atoms with Gasteiger partial charge in [0.15, 0.2) is 0 Å². The summed E-state index contributed by atoms with van der Waals surface area (Å²) in [6, 6.07) is 3.45. The zero-order valence-electron chi connectivity index (χ0n) is 10.0. The first-order chi connectivity index (χ1) is 8.80. The third-order valence-electron chi connectivity index (χ3n) is 2.43. The molecule has 0 unspecified atom stereocenters. The van der Waals surface area contributed by atoms with E-state index in [2.05, 4.69) is 15.9 Å². The average molecular weight is 372 g/mol.